The Morgan fingerprint density at radius 2 is 2.04 bits per heavy atom. The van der Waals surface area contributed by atoms with E-state index < -0.39 is 0 Å². The molecule has 2 aromatic carbocycles. The number of amides is 2. The molecule has 0 bridgehead atoms. The van der Waals surface area contributed by atoms with Crippen molar-refractivity contribution in [3.8, 4) is 0 Å². The zero-order chi connectivity index (χ0) is 18.2. The van der Waals surface area contributed by atoms with E-state index in [1.807, 2.05) is 48.5 Å². The molecule has 2 aromatic heterocycles. The van der Waals surface area contributed by atoms with Gasteiger partial charge in [-0.25, -0.2) is 14.8 Å². The first-order valence-electron chi connectivity index (χ1n) is 8.84. The van der Waals surface area contributed by atoms with Crippen molar-refractivity contribution in [3.05, 3.63) is 54.9 Å². The zero-order valence-corrected chi connectivity index (χ0v) is 14.5. The van der Waals surface area contributed by atoms with Crippen molar-refractivity contribution in [3.63, 3.8) is 0 Å². The number of furan rings is 1. The number of fused-ring (bicyclic) bond motifs is 3. The molecule has 7 heteroatoms. The summed E-state index contributed by atoms with van der Waals surface area (Å²) in [4.78, 5) is 22.6. The number of carbonyl (C=O) groups is 1. The van der Waals surface area contributed by atoms with E-state index in [-0.39, 0.29) is 6.03 Å². The van der Waals surface area contributed by atoms with E-state index in [1.165, 1.54) is 6.33 Å². The monoisotopic (exact) mass is 359 g/mol. The summed E-state index contributed by atoms with van der Waals surface area (Å²) in [6.45, 7) is 1.43. The SMILES string of the molecule is O=C1NCCCN1c1cccc(Nc2ncnc3c2oc2ccccc23)c1. The lowest BCUT2D eigenvalue weighted by Crippen LogP contribution is -2.46. The molecule has 0 atom stereocenters. The number of hydrogen-bond acceptors (Lipinski definition) is 5. The Kier molecular flexibility index (Phi) is 3.64. The van der Waals surface area contributed by atoms with E-state index in [4.69, 9.17) is 4.42 Å². The van der Waals surface area contributed by atoms with Crippen molar-refractivity contribution in [2.45, 2.75) is 6.42 Å². The first-order chi connectivity index (χ1) is 13.3. The summed E-state index contributed by atoms with van der Waals surface area (Å²) < 4.78 is 5.96. The third kappa shape index (κ3) is 2.73. The number of urea groups is 1. The van der Waals surface area contributed by atoms with Crippen LogP contribution in [-0.4, -0.2) is 29.1 Å². The van der Waals surface area contributed by atoms with Crippen molar-refractivity contribution >= 4 is 45.3 Å². The second-order valence-corrected chi connectivity index (χ2v) is 6.41. The maximum absolute atomic E-state index is 12.1. The van der Waals surface area contributed by atoms with Crippen molar-refractivity contribution in [2.24, 2.45) is 0 Å². The highest BCUT2D eigenvalue weighted by molar-refractivity contribution is 6.05. The van der Waals surface area contributed by atoms with Crippen LogP contribution >= 0.6 is 0 Å². The van der Waals surface area contributed by atoms with Crippen molar-refractivity contribution in [1.82, 2.24) is 15.3 Å². The van der Waals surface area contributed by atoms with Gasteiger partial charge in [0.15, 0.2) is 11.4 Å². The van der Waals surface area contributed by atoms with Gasteiger partial charge in [0.25, 0.3) is 0 Å². The second-order valence-electron chi connectivity index (χ2n) is 6.41. The number of nitrogens with one attached hydrogen (secondary N) is 2. The van der Waals surface area contributed by atoms with Gasteiger partial charge in [0, 0.05) is 29.9 Å². The summed E-state index contributed by atoms with van der Waals surface area (Å²) in [6, 6.07) is 15.4. The van der Waals surface area contributed by atoms with Gasteiger partial charge in [-0.05, 0) is 36.8 Å². The Balaban J connectivity index is 1.52. The number of nitrogens with zero attached hydrogens (tertiary/aromatic N) is 3. The predicted octanol–water partition coefficient (Wildman–Crippen LogP) is 4.04. The smallest absolute Gasteiger partial charge is 0.321 e. The summed E-state index contributed by atoms with van der Waals surface area (Å²) in [7, 11) is 0. The van der Waals surface area contributed by atoms with Crippen LogP contribution in [0, 0.1) is 0 Å². The number of aromatic nitrogens is 2. The van der Waals surface area contributed by atoms with Crippen molar-refractivity contribution < 1.29 is 9.21 Å². The molecular weight excluding hydrogens is 342 g/mol. The molecule has 2 amide bonds. The number of anilines is 3. The van der Waals surface area contributed by atoms with Gasteiger partial charge >= 0.3 is 6.03 Å². The van der Waals surface area contributed by atoms with Gasteiger partial charge < -0.3 is 15.1 Å². The fourth-order valence-electron chi connectivity index (χ4n) is 3.38. The predicted molar refractivity (Wildman–Crippen MR) is 104 cm³/mol. The molecule has 7 nitrogen and oxygen atoms in total. The minimum atomic E-state index is -0.0693. The lowest BCUT2D eigenvalue weighted by molar-refractivity contribution is 0.243. The molecular formula is C20H17N5O2. The maximum atomic E-state index is 12.1. The van der Waals surface area contributed by atoms with E-state index in [2.05, 4.69) is 20.6 Å². The summed E-state index contributed by atoms with van der Waals surface area (Å²) in [5.41, 5.74) is 3.82. The number of rotatable bonds is 3. The highest BCUT2D eigenvalue weighted by Crippen LogP contribution is 2.32. The third-order valence-corrected chi connectivity index (χ3v) is 4.66. The van der Waals surface area contributed by atoms with E-state index in [0.717, 1.165) is 40.8 Å². The molecule has 0 saturated carbocycles. The van der Waals surface area contributed by atoms with Crippen molar-refractivity contribution in [2.75, 3.05) is 23.3 Å². The molecule has 1 aliphatic rings. The maximum Gasteiger partial charge on any atom is 0.321 e. The number of carbonyl (C=O) groups excluding carboxylic acids is 1. The molecule has 5 rings (SSSR count). The summed E-state index contributed by atoms with van der Waals surface area (Å²) >= 11 is 0. The quantitative estimate of drug-likeness (QED) is 0.577. The van der Waals surface area contributed by atoms with E-state index in [0.29, 0.717) is 17.9 Å². The zero-order valence-electron chi connectivity index (χ0n) is 14.5. The van der Waals surface area contributed by atoms with Gasteiger partial charge in [-0.15, -0.1) is 0 Å². The summed E-state index contributed by atoms with van der Waals surface area (Å²) in [5, 5.41) is 7.12. The molecule has 2 N–H and O–H groups in total. The molecule has 134 valence electrons. The third-order valence-electron chi connectivity index (χ3n) is 4.66. The topological polar surface area (TPSA) is 83.3 Å². The Hall–Kier alpha value is -3.61. The van der Waals surface area contributed by atoms with Crippen molar-refractivity contribution in [1.29, 1.82) is 0 Å². The minimum Gasteiger partial charge on any atom is -0.450 e. The number of benzene rings is 2. The van der Waals surface area contributed by atoms with Gasteiger partial charge in [-0.2, -0.15) is 0 Å². The van der Waals surface area contributed by atoms with Gasteiger partial charge in [0.05, 0.1) is 0 Å². The van der Waals surface area contributed by atoms with Crippen LogP contribution in [0.15, 0.2) is 59.3 Å². The van der Waals surface area contributed by atoms with Gasteiger partial charge in [0.1, 0.15) is 17.4 Å². The van der Waals surface area contributed by atoms with E-state index in [1.54, 1.807) is 4.90 Å². The highest BCUT2D eigenvalue weighted by Gasteiger charge is 2.19. The Morgan fingerprint density at radius 1 is 1.11 bits per heavy atom. The van der Waals surface area contributed by atoms with Crippen LogP contribution in [0.2, 0.25) is 0 Å². The first kappa shape index (κ1) is 15.6. The molecule has 0 unspecified atom stereocenters. The molecule has 0 spiro atoms. The average Bonchev–Trinajstić information content (AvgIpc) is 3.09. The molecule has 27 heavy (non-hydrogen) atoms. The van der Waals surface area contributed by atoms with Gasteiger partial charge in [-0.3, -0.25) is 4.90 Å². The van der Waals surface area contributed by atoms with Crippen LogP contribution < -0.4 is 15.5 Å². The van der Waals surface area contributed by atoms with Gasteiger partial charge in [0.2, 0.25) is 0 Å². The van der Waals surface area contributed by atoms with Crippen LogP contribution in [0.5, 0.6) is 0 Å². The number of para-hydroxylation sites is 1. The van der Waals surface area contributed by atoms with Gasteiger partial charge in [-0.1, -0.05) is 18.2 Å². The second kappa shape index (κ2) is 6.28. The highest BCUT2D eigenvalue weighted by atomic mass is 16.3. The Bertz CT molecular complexity index is 1150. The number of hydrogen-bond donors (Lipinski definition) is 2. The fraction of sp³-hybridized carbons (Fsp3) is 0.150. The fourth-order valence-corrected chi connectivity index (χ4v) is 3.38. The molecule has 1 saturated heterocycles. The molecule has 4 aromatic rings. The summed E-state index contributed by atoms with van der Waals surface area (Å²) in [6.07, 6.45) is 2.45. The molecule has 0 aliphatic carbocycles. The molecule has 1 fully saturated rings. The molecule has 3 heterocycles. The molecule has 1 aliphatic heterocycles. The standard InChI is InChI=1S/C20H17N5O2/c26-20-21-9-4-10-25(20)14-6-3-5-13(11-14)24-19-18-17(22-12-23-19)15-7-1-2-8-16(15)27-18/h1-3,5-8,11-12H,4,9-10H2,(H,21,26)(H,22,23,24). The lowest BCUT2D eigenvalue weighted by atomic mass is 10.2. The van der Waals surface area contributed by atoms with Crippen LogP contribution in [0.3, 0.4) is 0 Å². The summed E-state index contributed by atoms with van der Waals surface area (Å²) in [5.74, 6) is 0.594. The largest absolute Gasteiger partial charge is 0.450 e. The Morgan fingerprint density at radius 3 is 2.96 bits per heavy atom. The van der Waals surface area contributed by atoms with Crippen LogP contribution in [0.25, 0.3) is 22.1 Å². The van der Waals surface area contributed by atoms with Crippen LogP contribution in [0.1, 0.15) is 6.42 Å². The van der Waals surface area contributed by atoms with E-state index in [9.17, 15) is 4.79 Å². The molecule has 0 radical (unpaired) electrons. The van der Waals surface area contributed by atoms with Crippen LogP contribution in [-0.2, 0) is 0 Å². The van der Waals surface area contributed by atoms with E-state index >= 15 is 0 Å². The minimum absolute atomic E-state index is 0.0693. The van der Waals surface area contributed by atoms with Crippen LogP contribution in [0.4, 0.5) is 22.0 Å². The normalized spacial score (nSPS) is 14.5. The Labute approximate surface area is 155 Å². The average molecular weight is 359 g/mol. The first-order valence-corrected chi connectivity index (χ1v) is 8.84. The lowest BCUT2D eigenvalue weighted by Gasteiger charge is -2.27.